The first-order valence-electron chi connectivity index (χ1n) is 12.6. The molecule has 0 N–H and O–H groups in total. The summed E-state index contributed by atoms with van der Waals surface area (Å²) in [6.07, 6.45) is 4.29. The van der Waals surface area contributed by atoms with E-state index < -0.39 is 16.6 Å². The summed E-state index contributed by atoms with van der Waals surface area (Å²) >= 11 is 0. The highest BCUT2D eigenvalue weighted by Crippen LogP contribution is 2.41. The maximum absolute atomic E-state index is 12.0. The van der Waals surface area contributed by atoms with Crippen LogP contribution < -0.4 is 0 Å². The SMILES string of the molecule is C/C=C(\C)C[C@H](C)[C@H](O[Si](C)(C)C(C)(C)C)[C@@H](C)[C@@H](O[Si](CC)(CC)CC)[C@H](C)C=O. The Morgan fingerprint density at radius 1 is 0.935 bits per heavy atom. The lowest BCUT2D eigenvalue weighted by Gasteiger charge is -2.46. The molecule has 0 bridgehead atoms. The summed E-state index contributed by atoms with van der Waals surface area (Å²) in [5.41, 5.74) is 1.39. The molecular weight excluding hydrogens is 416 g/mol. The molecule has 0 saturated carbocycles. The predicted molar refractivity (Wildman–Crippen MR) is 142 cm³/mol. The molecular formula is C26H54O3Si2. The second-order valence-electron chi connectivity index (χ2n) is 11.3. The molecule has 31 heavy (non-hydrogen) atoms. The third-order valence-corrected chi connectivity index (χ3v) is 17.1. The molecule has 0 fully saturated rings. The normalized spacial score (nSPS) is 18.9. The first-order valence-corrected chi connectivity index (χ1v) is 18.0. The molecule has 0 aliphatic carbocycles. The third kappa shape index (κ3) is 8.56. The van der Waals surface area contributed by atoms with Crippen LogP contribution in [0.3, 0.4) is 0 Å². The molecule has 5 heteroatoms. The number of carbonyl (C=O) groups is 1. The summed E-state index contributed by atoms with van der Waals surface area (Å²) in [4.78, 5) is 12.0. The number of allylic oxidation sites excluding steroid dienone is 2. The maximum Gasteiger partial charge on any atom is 0.192 e. The van der Waals surface area contributed by atoms with Crippen molar-refractivity contribution in [2.24, 2.45) is 17.8 Å². The van der Waals surface area contributed by atoms with E-state index >= 15 is 0 Å². The molecule has 0 aromatic heterocycles. The largest absolute Gasteiger partial charge is 0.413 e. The fourth-order valence-electron chi connectivity index (χ4n) is 4.25. The lowest BCUT2D eigenvalue weighted by Crippen LogP contribution is -2.52. The molecule has 184 valence electrons. The third-order valence-electron chi connectivity index (χ3n) is 8.02. The smallest absolute Gasteiger partial charge is 0.192 e. The van der Waals surface area contributed by atoms with Crippen molar-refractivity contribution in [3.63, 3.8) is 0 Å². The van der Waals surface area contributed by atoms with Gasteiger partial charge in [-0.2, -0.15) is 0 Å². The van der Waals surface area contributed by atoms with Crippen LogP contribution in [0.4, 0.5) is 0 Å². The van der Waals surface area contributed by atoms with E-state index in [1.165, 1.54) is 5.57 Å². The van der Waals surface area contributed by atoms with Gasteiger partial charge in [0.2, 0.25) is 0 Å². The second-order valence-corrected chi connectivity index (χ2v) is 20.8. The molecule has 0 aromatic rings. The van der Waals surface area contributed by atoms with Crippen molar-refractivity contribution in [2.45, 2.75) is 131 Å². The Labute approximate surface area is 197 Å². The molecule has 5 atom stereocenters. The van der Waals surface area contributed by atoms with Crippen LogP contribution in [0, 0.1) is 17.8 Å². The predicted octanol–water partition coefficient (Wildman–Crippen LogP) is 8.23. The van der Waals surface area contributed by atoms with Gasteiger partial charge in [0, 0.05) is 11.8 Å². The van der Waals surface area contributed by atoms with E-state index in [0.717, 1.165) is 30.8 Å². The number of carbonyl (C=O) groups excluding carboxylic acids is 1. The van der Waals surface area contributed by atoms with Gasteiger partial charge in [0.15, 0.2) is 16.6 Å². The van der Waals surface area contributed by atoms with Crippen molar-refractivity contribution in [3.05, 3.63) is 11.6 Å². The molecule has 0 aliphatic heterocycles. The zero-order chi connectivity index (χ0) is 24.6. The average molecular weight is 471 g/mol. The Bertz CT molecular complexity index is 553. The second kappa shape index (κ2) is 12.9. The summed E-state index contributed by atoms with van der Waals surface area (Å²) in [6.45, 7) is 29.3. The minimum absolute atomic E-state index is 0.0699. The van der Waals surface area contributed by atoms with Gasteiger partial charge in [-0.05, 0) is 62.5 Å². The lowest BCUT2D eigenvalue weighted by molar-refractivity contribution is -0.115. The van der Waals surface area contributed by atoms with Gasteiger partial charge < -0.3 is 13.6 Å². The summed E-state index contributed by atoms with van der Waals surface area (Å²) < 4.78 is 14.1. The maximum atomic E-state index is 12.0. The van der Waals surface area contributed by atoms with Crippen LogP contribution in [-0.4, -0.2) is 35.1 Å². The zero-order valence-corrected chi connectivity index (χ0v) is 25.1. The fourth-order valence-corrected chi connectivity index (χ4v) is 8.73. The van der Waals surface area contributed by atoms with Crippen LogP contribution in [-0.2, 0) is 13.6 Å². The van der Waals surface area contributed by atoms with Crippen LogP contribution in [0.25, 0.3) is 0 Å². The first kappa shape index (κ1) is 30.8. The Kier molecular flexibility index (Phi) is 12.8. The molecule has 0 spiro atoms. The highest BCUT2D eigenvalue weighted by atomic mass is 28.4. The molecule has 0 amide bonds. The van der Waals surface area contributed by atoms with Gasteiger partial charge in [-0.1, -0.05) is 74.0 Å². The highest BCUT2D eigenvalue weighted by Gasteiger charge is 2.45. The van der Waals surface area contributed by atoms with E-state index in [0.29, 0.717) is 5.92 Å². The molecule has 0 aromatic carbocycles. The number of hydrogen-bond acceptors (Lipinski definition) is 3. The van der Waals surface area contributed by atoms with E-state index in [-0.39, 0.29) is 29.1 Å². The van der Waals surface area contributed by atoms with E-state index in [9.17, 15) is 4.79 Å². The Hall–Kier alpha value is -0.236. The first-order chi connectivity index (χ1) is 14.1. The van der Waals surface area contributed by atoms with Crippen molar-refractivity contribution in [3.8, 4) is 0 Å². The Morgan fingerprint density at radius 2 is 1.42 bits per heavy atom. The van der Waals surface area contributed by atoms with Gasteiger partial charge in [0.05, 0.1) is 12.2 Å². The quantitative estimate of drug-likeness (QED) is 0.146. The number of aldehydes is 1. The minimum atomic E-state index is -1.98. The highest BCUT2D eigenvalue weighted by molar-refractivity contribution is 6.74. The van der Waals surface area contributed by atoms with E-state index in [2.05, 4.69) is 88.4 Å². The zero-order valence-electron chi connectivity index (χ0n) is 23.1. The molecule has 0 heterocycles. The van der Waals surface area contributed by atoms with Crippen molar-refractivity contribution in [1.82, 2.24) is 0 Å². The van der Waals surface area contributed by atoms with Crippen LogP contribution >= 0.6 is 0 Å². The van der Waals surface area contributed by atoms with E-state index in [1.54, 1.807) is 0 Å². The van der Waals surface area contributed by atoms with Gasteiger partial charge >= 0.3 is 0 Å². The van der Waals surface area contributed by atoms with Crippen molar-refractivity contribution >= 4 is 22.9 Å². The summed E-state index contributed by atoms with van der Waals surface area (Å²) in [5, 5.41) is 0.141. The molecule has 0 aliphatic rings. The lowest BCUT2D eigenvalue weighted by atomic mass is 9.82. The van der Waals surface area contributed by atoms with Crippen molar-refractivity contribution in [2.75, 3.05) is 0 Å². The van der Waals surface area contributed by atoms with Gasteiger partial charge in [0.25, 0.3) is 0 Å². The van der Waals surface area contributed by atoms with Crippen molar-refractivity contribution < 1.29 is 13.6 Å². The molecule has 3 nitrogen and oxygen atoms in total. The summed E-state index contributed by atoms with van der Waals surface area (Å²) in [6, 6.07) is 3.28. The molecule has 0 rings (SSSR count). The van der Waals surface area contributed by atoms with E-state index in [4.69, 9.17) is 8.85 Å². The van der Waals surface area contributed by atoms with Crippen LogP contribution in [0.15, 0.2) is 11.6 Å². The van der Waals surface area contributed by atoms with Gasteiger partial charge in [-0.3, -0.25) is 0 Å². The summed E-state index contributed by atoms with van der Waals surface area (Å²) in [7, 11) is -3.83. The Balaban J connectivity index is 6.23. The number of hydrogen-bond donors (Lipinski definition) is 0. The van der Waals surface area contributed by atoms with Gasteiger partial charge in [-0.15, -0.1) is 0 Å². The van der Waals surface area contributed by atoms with E-state index in [1.807, 2.05) is 6.92 Å². The number of rotatable bonds is 14. The standard InChI is InChI=1S/C26H54O3Si2/c1-14-20(5)18-21(6)24(28-30(12,13)26(9,10)11)23(8)25(22(7)19-27)29-31(15-2,16-3)17-4/h14,19,21-25H,15-18H2,1-13H3/b20-14+/t21-,22+,23+,24-,25-/m0/s1. The van der Waals surface area contributed by atoms with Crippen LogP contribution in [0.5, 0.6) is 0 Å². The molecule has 0 unspecified atom stereocenters. The minimum Gasteiger partial charge on any atom is -0.413 e. The molecule has 0 radical (unpaired) electrons. The van der Waals surface area contributed by atoms with Crippen molar-refractivity contribution in [1.29, 1.82) is 0 Å². The topological polar surface area (TPSA) is 35.5 Å². The average Bonchev–Trinajstić information content (AvgIpc) is 2.71. The Morgan fingerprint density at radius 3 is 1.77 bits per heavy atom. The molecule has 0 saturated heterocycles. The van der Waals surface area contributed by atoms with Crippen LogP contribution in [0.1, 0.15) is 82.6 Å². The fraction of sp³-hybridized carbons (Fsp3) is 0.885. The van der Waals surface area contributed by atoms with Gasteiger partial charge in [-0.25, -0.2) is 0 Å². The van der Waals surface area contributed by atoms with Gasteiger partial charge in [0.1, 0.15) is 6.29 Å². The van der Waals surface area contributed by atoms with Crippen LogP contribution in [0.2, 0.25) is 36.3 Å². The monoisotopic (exact) mass is 470 g/mol. The summed E-state index contributed by atoms with van der Waals surface area (Å²) in [5.74, 6) is 0.392.